The largest absolute Gasteiger partial charge is 0.391 e. The summed E-state index contributed by atoms with van der Waals surface area (Å²) in [5.41, 5.74) is 0. The maximum Gasteiger partial charge on any atom is 0.241 e. The van der Waals surface area contributed by atoms with Gasteiger partial charge < -0.3 is 5.11 Å². The maximum atomic E-state index is 11.9. The molecule has 16 heavy (non-hydrogen) atoms. The van der Waals surface area contributed by atoms with E-state index in [1.807, 2.05) is 13.8 Å². The predicted molar refractivity (Wildman–Crippen MR) is 65.0 cm³/mol. The Hall–Kier alpha value is -0.430. The zero-order valence-electron chi connectivity index (χ0n) is 9.65. The Morgan fingerprint density at radius 3 is 2.56 bits per heavy atom. The van der Waals surface area contributed by atoms with Crippen LogP contribution in [0.3, 0.4) is 0 Å². The quantitative estimate of drug-likeness (QED) is 0.845. The summed E-state index contributed by atoms with van der Waals surface area (Å²) in [6, 6.07) is 1.53. The molecule has 0 fully saturated rings. The van der Waals surface area contributed by atoms with E-state index in [9.17, 15) is 8.42 Å². The third-order valence-electron chi connectivity index (χ3n) is 2.05. The highest BCUT2D eigenvalue weighted by molar-refractivity contribution is 7.89. The van der Waals surface area contributed by atoms with Crippen LogP contribution in [0.15, 0.2) is 11.0 Å². The van der Waals surface area contributed by atoms with Crippen LogP contribution in [0, 0.1) is 12.8 Å². The van der Waals surface area contributed by atoms with Crippen LogP contribution in [-0.4, -0.2) is 20.1 Å². The zero-order chi connectivity index (χ0) is 12.3. The molecule has 1 aromatic rings. The molecule has 1 rings (SSSR count). The average Bonchev–Trinajstić information content (AvgIpc) is 2.57. The second kappa shape index (κ2) is 5.27. The monoisotopic (exact) mass is 263 g/mol. The fourth-order valence-corrected chi connectivity index (χ4v) is 3.93. The molecule has 0 unspecified atom stereocenters. The van der Waals surface area contributed by atoms with Crippen molar-refractivity contribution in [2.24, 2.45) is 5.92 Å². The molecule has 0 saturated carbocycles. The topological polar surface area (TPSA) is 66.4 Å². The summed E-state index contributed by atoms with van der Waals surface area (Å²) in [6.07, 6.45) is 0. The first-order valence-corrected chi connectivity index (χ1v) is 7.36. The van der Waals surface area contributed by atoms with Crippen LogP contribution in [0.4, 0.5) is 0 Å². The van der Waals surface area contributed by atoms with E-state index >= 15 is 0 Å². The highest BCUT2D eigenvalue weighted by Crippen LogP contribution is 2.25. The lowest BCUT2D eigenvalue weighted by molar-refractivity contribution is 0.285. The van der Waals surface area contributed by atoms with E-state index < -0.39 is 10.0 Å². The van der Waals surface area contributed by atoms with Crippen molar-refractivity contribution < 1.29 is 13.5 Å². The van der Waals surface area contributed by atoms with E-state index in [1.54, 1.807) is 6.92 Å². The van der Waals surface area contributed by atoms with Gasteiger partial charge >= 0.3 is 0 Å². The van der Waals surface area contributed by atoms with Crippen molar-refractivity contribution in [1.82, 2.24) is 4.72 Å². The van der Waals surface area contributed by atoms with Gasteiger partial charge in [0.15, 0.2) is 0 Å². The minimum atomic E-state index is -3.43. The summed E-state index contributed by atoms with van der Waals surface area (Å²) in [4.78, 5) is 1.66. The van der Waals surface area contributed by atoms with Gasteiger partial charge in [-0.05, 0) is 18.9 Å². The Bertz CT molecular complexity index is 449. The lowest BCUT2D eigenvalue weighted by atomic mass is 10.2. The van der Waals surface area contributed by atoms with Gasteiger partial charge in [0.05, 0.1) is 11.5 Å². The standard InChI is InChI=1S/C10H17NO3S2/c1-7(2)5-11-16(13,14)10-4-9(6-12)15-8(10)3/h4,7,11-12H,5-6H2,1-3H3. The Morgan fingerprint density at radius 1 is 1.50 bits per heavy atom. The van der Waals surface area contributed by atoms with Crippen LogP contribution in [-0.2, 0) is 16.6 Å². The molecule has 0 aromatic carbocycles. The molecule has 0 spiro atoms. The van der Waals surface area contributed by atoms with Crippen LogP contribution in [0.1, 0.15) is 23.6 Å². The molecular weight excluding hydrogens is 246 g/mol. The highest BCUT2D eigenvalue weighted by Gasteiger charge is 2.19. The summed E-state index contributed by atoms with van der Waals surface area (Å²) in [6.45, 7) is 5.94. The van der Waals surface area contributed by atoms with Crippen molar-refractivity contribution >= 4 is 21.4 Å². The third-order valence-corrected chi connectivity index (χ3v) is 4.76. The number of aliphatic hydroxyl groups excluding tert-OH is 1. The van der Waals surface area contributed by atoms with Crippen molar-refractivity contribution in [3.8, 4) is 0 Å². The van der Waals surface area contributed by atoms with Gasteiger partial charge in [-0.3, -0.25) is 0 Å². The third kappa shape index (κ3) is 3.28. The van der Waals surface area contributed by atoms with E-state index in [-0.39, 0.29) is 17.4 Å². The minimum absolute atomic E-state index is 0.120. The van der Waals surface area contributed by atoms with E-state index in [1.165, 1.54) is 17.4 Å². The Balaban J connectivity index is 2.93. The summed E-state index contributed by atoms with van der Waals surface area (Å²) in [7, 11) is -3.43. The van der Waals surface area contributed by atoms with Crippen molar-refractivity contribution in [2.45, 2.75) is 32.3 Å². The van der Waals surface area contributed by atoms with Crippen LogP contribution in [0.5, 0.6) is 0 Å². The molecule has 0 radical (unpaired) electrons. The second-order valence-corrected chi connectivity index (χ2v) is 7.11. The molecule has 6 heteroatoms. The molecule has 4 nitrogen and oxygen atoms in total. The van der Waals surface area contributed by atoms with Crippen molar-refractivity contribution in [3.05, 3.63) is 15.8 Å². The van der Waals surface area contributed by atoms with Crippen LogP contribution >= 0.6 is 11.3 Å². The molecule has 0 aliphatic carbocycles. The molecule has 1 heterocycles. The van der Waals surface area contributed by atoms with Crippen molar-refractivity contribution in [2.75, 3.05) is 6.54 Å². The normalized spacial score (nSPS) is 12.3. The molecule has 0 aliphatic rings. The predicted octanol–water partition coefficient (Wildman–Crippen LogP) is 1.48. The van der Waals surface area contributed by atoms with Crippen LogP contribution in [0.2, 0.25) is 0 Å². The van der Waals surface area contributed by atoms with Crippen molar-refractivity contribution in [3.63, 3.8) is 0 Å². The molecular formula is C10H17NO3S2. The van der Waals surface area contributed by atoms with Gasteiger partial charge in [0.25, 0.3) is 0 Å². The zero-order valence-corrected chi connectivity index (χ0v) is 11.3. The number of thiophene rings is 1. The first-order valence-electron chi connectivity index (χ1n) is 5.06. The Morgan fingerprint density at radius 2 is 2.12 bits per heavy atom. The van der Waals surface area contributed by atoms with Gasteiger partial charge in [-0.25, -0.2) is 13.1 Å². The van der Waals surface area contributed by atoms with Gasteiger partial charge in [0, 0.05) is 16.3 Å². The molecule has 92 valence electrons. The van der Waals surface area contributed by atoms with Gasteiger partial charge in [0.2, 0.25) is 10.0 Å². The lowest BCUT2D eigenvalue weighted by Gasteiger charge is -2.07. The lowest BCUT2D eigenvalue weighted by Crippen LogP contribution is -2.27. The first kappa shape index (κ1) is 13.6. The molecule has 0 amide bonds. The Labute approximate surface area is 100 Å². The van der Waals surface area contributed by atoms with Crippen LogP contribution in [0.25, 0.3) is 0 Å². The number of hydrogen-bond donors (Lipinski definition) is 2. The molecule has 0 bridgehead atoms. The maximum absolute atomic E-state index is 11.9. The highest BCUT2D eigenvalue weighted by atomic mass is 32.2. The van der Waals surface area contributed by atoms with Crippen LogP contribution < -0.4 is 4.72 Å². The fourth-order valence-electron chi connectivity index (χ4n) is 1.22. The average molecular weight is 263 g/mol. The van der Waals surface area contributed by atoms with Gasteiger partial charge in [-0.15, -0.1) is 11.3 Å². The summed E-state index contributed by atoms with van der Waals surface area (Å²) >= 11 is 1.31. The van der Waals surface area contributed by atoms with E-state index in [0.29, 0.717) is 16.3 Å². The number of rotatable bonds is 5. The fraction of sp³-hybridized carbons (Fsp3) is 0.600. The smallest absolute Gasteiger partial charge is 0.241 e. The molecule has 0 aliphatic heterocycles. The van der Waals surface area contributed by atoms with Crippen molar-refractivity contribution in [1.29, 1.82) is 0 Å². The molecule has 0 atom stereocenters. The number of sulfonamides is 1. The summed E-state index contributed by atoms with van der Waals surface area (Å²) < 4.78 is 26.4. The first-order chi connectivity index (χ1) is 7.36. The van der Waals surface area contributed by atoms with Gasteiger partial charge in [-0.1, -0.05) is 13.8 Å². The number of nitrogens with one attached hydrogen (secondary N) is 1. The number of aliphatic hydroxyl groups is 1. The van der Waals surface area contributed by atoms with Gasteiger partial charge in [0.1, 0.15) is 0 Å². The molecule has 1 aromatic heterocycles. The number of aryl methyl sites for hydroxylation is 1. The minimum Gasteiger partial charge on any atom is -0.391 e. The summed E-state index contributed by atoms with van der Waals surface area (Å²) in [5.74, 6) is 0.269. The molecule has 2 N–H and O–H groups in total. The Kier molecular flexibility index (Phi) is 4.49. The van der Waals surface area contributed by atoms with E-state index in [4.69, 9.17) is 5.11 Å². The molecule has 0 saturated heterocycles. The SMILES string of the molecule is Cc1sc(CO)cc1S(=O)(=O)NCC(C)C. The summed E-state index contributed by atoms with van der Waals surface area (Å²) in [5, 5.41) is 8.95. The second-order valence-electron chi connectivity index (χ2n) is 4.04. The van der Waals surface area contributed by atoms with E-state index in [0.717, 1.165) is 0 Å². The van der Waals surface area contributed by atoms with Gasteiger partial charge in [-0.2, -0.15) is 0 Å². The number of hydrogen-bond acceptors (Lipinski definition) is 4. The van der Waals surface area contributed by atoms with E-state index in [2.05, 4.69) is 4.72 Å².